The van der Waals surface area contributed by atoms with E-state index < -0.39 is 0 Å². The predicted octanol–water partition coefficient (Wildman–Crippen LogP) is 1.72. The molecule has 1 rings (SSSR count). The molecule has 1 aromatic heterocycles. The molecular formula is C12H20N2O. The van der Waals surface area contributed by atoms with Crippen molar-refractivity contribution in [3.8, 4) is 0 Å². The van der Waals surface area contributed by atoms with Gasteiger partial charge in [0.2, 0.25) is 0 Å². The molecule has 0 fully saturated rings. The van der Waals surface area contributed by atoms with E-state index in [0.717, 1.165) is 25.1 Å². The topological polar surface area (TPSA) is 45.1 Å². The summed E-state index contributed by atoms with van der Waals surface area (Å²) in [6.07, 6.45) is 3.57. The summed E-state index contributed by atoms with van der Waals surface area (Å²) >= 11 is 0. The van der Waals surface area contributed by atoms with Crippen LogP contribution in [0.1, 0.15) is 32.4 Å². The van der Waals surface area contributed by atoms with E-state index in [4.69, 9.17) is 5.11 Å². The zero-order valence-electron chi connectivity index (χ0n) is 9.53. The lowest BCUT2D eigenvalue weighted by Crippen LogP contribution is -2.42. The van der Waals surface area contributed by atoms with Crippen molar-refractivity contribution >= 4 is 0 Å². The highest BCUT2D eigenvalue weighted by molar-refractivity contribution is 5.03. The van der Waals surface area contributed by atoms with E-state index in [1.54, 1.807) is 6.20 Å². The smallest absolute Gasteiger partial charge is 0.0541 e. The largest absolute Gasteiger partial charge is 0.396 e. The molecule has 3 nitrogen and oxygen atoms in total. The van der Waals surface area contributed by atoms with Gasteiger partial charge in [0.05, 0.1) is 5.69 Å². The Kier molecular flexibility index (Phi) is 4.72. The highest BCUT2D eigenvalue weighted by atomic mass is 16.3. The molecule has 0 aromatic carbocycles. The summed E-state index contributed by atoms with van der Waals surface area (Å²) in [4.78, 5) is 4.25. The molecule has 1 aromatic rings. The third-order valence-electron chi connectivity index (χ3n) is 2.87. The van der Waals surface area contributed by atoms with Crippen molar-refractivity contribution in [3.63, 3.8) is 0 Å². The summed E-state index contributed by atoms with van der Waals surface area (Å²) in [5, 5.41) is 12.4. The van der Waals surface area contributed by atoms with Crippen LogP contribution in [0.2, 0.25) is 0 Å². The van der Waals surface area contributed by atoms with E-state index in [1.807, 2.05) is 18.2 Å². The van der Waals surface area contributed by atoms with Crippen LogP contribution in [0.4, 0.5) is 0 Å². The second-order valence-corrected chi connectivity index (χ2v) is 4.06. The third kappa shape index (κ3) is 3.98. The second-order valence-electron chi connectivity index (χ2n) is 4.06. The van der Waals surface area contributed by atoms with Gasteiger partial charge in [-0.1, -0.05) is 13.0 Å². The van der Waals surface area contributed by atoms with Gasteiger partial charge in [-0.2, -0.15) is 0 Å². The third-order valence-corrected chi connectivity index (χ3v) is 2.87. The molecule has 0 amide bonds. The van der Waals surface area contributed by atoms with E-state index in [-0.39, 0.29) is 12.1 Å². The summed E-state index contributed by atoms with van der Waals surface area (Å²) < 4.78 is 0. The van der Waals surface area contributed by atoms with Crippen molar-refractivity contribution in [1.29, 1.82) is 0 Å². The number of aliphatic hydroxyl groups is 1. The van der Waals surface area contributed by atoms with Crippen molar-refractivity contribution in [2.45, 2.75) is 38.8 Å². The van der Waals surface area contributed by atoms with Gasteiger partial charge in [-0.05, 0) is 31.9 Å². The first-order valence-electron chi connectivity index (χ1n) is 5.46. The van der Waals surface area contributed by atoms with Crippen molar-refractivity contribution in [3.05, 3.63) is 30.1 Å². The number of aliphatic hydroxyl groups excluding tert-OH is 1. The quantitative estimate of drug-likeness (QED) is 0.748. The maximum atomic E-state index is 8.97. The fourth-order valence-corrected chi connectivity index (χ4v) is 1.44. The van der Waals surface area contributed by atoms with E-state index >= 15 is 0 Å². The maximum absolute atomic E-state index is 8.97. The number of hydrogen-bond acceptors (Lipinski definition) is 3. The molecule has 84 valence electrons. The Hall–Kier alpha value is -0.930. The molecule has 0 saturated heterocycles. The van der Waals surface area contributed by atoms with Gasteiger partial charge < -0.3 is 10.4 Å². The fraction of sp³-hybridized carbons (Fsp3) is 0.583. The molecule has 0 aliphatic rings. The van der Waals surface area contributed by atoms with Gasteiger partial charge in [-0.3, -0.25) is 4.98 Å². The number of hydrogen-bond donors (Lipinski definition) is 2. The van der Waals surface area contributed by atoms with Gasteiger partial charge >= 0.3 is 0 Å². The van der Waals surface area contributed by atoms with Crippen LogP contribution in [0.5, 0.6) is 0 Å². The summed E-state index contributed by atoms with van der Waals surface area (Å²) in [7, 11) is 0. The lowest BCUT2D eigenvalue weighted by molar-refractivity contribution is 0.214. The molecule has 0 aliphatic carbocycles. The van der Waals surface area contributed by atoms with Gasteiger partial charge in [-0.15, -0.1) is 0 Å². The Bertz CT molecular complexity index is 276. The van der Waals surface area contributed by atoms with Gasteiger partial charge in [0.25, 0.3) is 0 Å². The van der Waals surface area contributed by atoms with Crippen LogP contribution in [0, 0.1) is 0 Å². The first-order chi connectivity index (χ1) is 7.20. The molecular weight excluding hydrogens is 188 g/mol. The van der Waals surface area contributed by atoms with Crippen molar-refractivity contribution in [2.24, 2.45) is 0 Å². The average molecular weight is 208 g/mol. The van der Waals surface area contributed by atoms with E-state index in [9.17, 15) is 0 Å². The number of nitrogens with one attached hydrogen (secondary N) is 1. The molecule has 0 saturated carbocycles. The van der Waals surface area contributed by atoms with Crippen LogP contribution in [0.3, 0.4) is 0 Å². The molecule has 2 N–H and O–H groups in total. The molecule has 15 heavy (non-hydrogen) atoms. The number of rotatable bonds is 6. The molecule has 0 spiro atoms. The fourth-order valence-electron chi connectivity index (χ4n) is 1.44. The molecule has 1 heterocycles. The molecule has 3 heteroatoms. The molecule has 0 aliphatic heterocycles. The van der Waals surface area contributed by atoms with Gasteiger partial charge in [0.1, 0.15) is 0 Å². The van der Waals surface area contributed by atoms with Crippen LogP contribution in [-0.4, -0.2) is 22.2 Å². The molecule has 0 bridgehead atoms. The minimum absolute atomic E-state index is 0.00622. The standard InChI is InChI=1S/C12H20N2O/c1-3-12(2,7-9-15)14-10-11-6-4-5-8-13-11/h4-6,8,14-15H,3,7,9-10H2,1-2H3. The Morgan fingerprint density at radius 1 is 1.47 bits per heavy atom. The number of aromatic nitrogens is 1. The lowest BCUT2D eigenvalue weighted by Gasteiger charge is -2.29. The maximum Gasteiger partial charge on any atom is 0.0541 e. The Morgan fingerprint density at radius 3 is 2.80 bits per heavy atom. The highest BCUT2D eigenvalue weighted by Gasteiger charge is 2.20. The Morgan fingerprint density at radius 2 is 2.27 bits per heavy atom. The minimum Gasteiger partial charge on any atom is -0.396 e. The first-order valence-corrected chi connectivity index (χ1v) is 5.46. The zero-order valence-corrected chi connectivity index (χ0v) is 9.53. The highest BCUT2D eigenvalue weighted by Crippen LogP contribution is 2.14. The summed E-state index contributed by atoms with van der Waals surface area (Å²) in [6.45, 7) is 5.23. The van der Waals surface area contributed by atoms with Crippen molar-refractivity contribution < 1.29 is 5.11 Å². The Labute approximate surface area is 91.5 Å². The lowest BCUT2D eigenvalue weighted by atomic mass is 9.95. The SMILES string of the molecule is CCC(C)(CCO)NCc1ccccn1. The van der Waals surface area contributed by atoms with Crippen LogP contribution < -0.4 is 5.32 Å². The zero-order chi connectivity index (χ0) is 11.1. The average Bonchev–Trinajstić information content (AvgIpc) is 2.28. The molecule has 0 radical (unpaired) electrons. The van der Waals surface area contributed by atoms with Gasteiger partial charge in [0.15, 0.2) is 0 Å². The predicted molar refractivity (Wildman–Crippen MR) is 61.5 cm³/mol. The van der Waals surface area contributed by atoms with Crippen LogP contribution in [-0.2, 0) is 6.54 Å². The summed E-state index contributed by atoms with van der Waals surface area (Å²) in [5.74, 6) is 0. The summed E-state index contributed by atoms with van der Waals surface area (Å²) in [5.41, 5.74) is 1.04. The monoisotopic (exact) mass is 208 g/mol. The molecule has 1 atom stereocenters. The second kappa shape index (κ2) is 5.83. The van der Waals surface area contributed by atoms with Crippen molar-refractivity contribution in [2.75, 3.05) is 6.61 Å². The Balaban J connectivity index is 2.47. The first kappa shape index (κ1) is 12.1. The van der Waals surface area contributed by atoms with Crippen LogP contribution in [0.15, 0.2) is 24.4 Å². The van der Waals surface area contributed by atoms with Gasteiger partial charge in [-0.25, -0.2) is 0 Å². The van der Waals surface area contributed by atoms with E-state index in [0.29, 0.717) is 0 Å². The number of nitrogens with zero attached hydrogens (tertiary/aromatic N) is 1. The number of pyridine rings is 1. The normalized spacial score (nSPS) is 14.9. The summed E-state index contributed by atoms with van der Waals surface area (Å²) in [6, 6.07) is 5.90. The van der Waals surface area contributed by atoms with Gasteiger partial charge in [0, 0.05) is 24.9 Å². The van der Waals surface area contributed by atoms with E-state index in [2.05, 4.69) is 24.1 Å². The van der Waals surface area contributed by atoms with Crippen LogP contribution >= 0.6 is 0 Å². The molecule has 1 unspecified atom stereocenters. The van der Waals surface area contributed by atoms with E-state index in [1.165, 1.54) is 0 Å². The minimum atomic E-state index is 0.00622. The van der Waals surface area contributed by atoms with Crippen molar-refractivity contribution in [1.82, 2.24) is 10.3 Å². The van der Waals surface area contributed by atoms with Crippen LogP contribution in [0.25, 0.3) is 0 Å².